The van der Waals surface area contributed by atoms with Crippen molar-refractivity contribution in [3.8, 4) is 6.07 Å². The zero-order valence-electron chi connectivity index (χ0n) is 9.22. The van der Waals surface area contributed by atoms with Crippen molar-refractivity contribution in [3.63, 3.8) is 0 Å². The molecule has 0 saturated heterocycles. The van der Waals surface area contributed by atoms with Crippen molar-refractivity contribution >= 4 is 0 Å². The van der Waals surface area contributed by atoms with E-state index in [9.17, 15) is 13.2 Å². The van der Waals surface area contributed by atoms with Crippen LogP contribution in [0.3, 0.4) is 0 Å². The number of nitriles is 1. The number of nitrogens with zero attached hydrogens (tertiary/aromatic N) is 2. The Labute approximate surface area is 93.0 Å². The number of halogens is 3. The molecular formula is C10H16F3N3. The maximum atomic E-state index is 12.3. The van der Waals surface area contributed by atoms with Gasteiger partial charge in [-0.25, -0.2) is 0 Å². The van der Waals surface area contributed by atoms with Crippen LogP contribution in [-0.2, 0) is 0 Å². The van der Waals surface area contributed by atoms with Crippen molar-refractivity contribution in [2.75, 3.05) is 13.1 Å². The molecule has 1 unspecified atom stereocenters. The molecular weight excluding hydrogens is 219 g/mol. The normalized spacial score (nSPS) is 20.6. The van der Waals surface area contributed by atoms with Crippen LogP contribution in [0.4, 0.5) is 13.2 Å². The van der Waals surface area contributed by atoms with Crippen LogP contribution in [0.15, 0.2) is 0 Å². The van der Waals surface area contributed by atoms with Gasteiger partial charge in [0.2, 0.25) is 0 Å². The highest BCUT2D eigenvalue weighted by Crippen LogP contribution is 2.30. The van der Waals surface area contributed by atoms with E-state index < -0.39 is 18.3 Å². The minimum Gasteiger partial charge on any atom is -0.314 e. The largest absolute Gasteiger partial charge is 0.401 e. The molecule has 0 heterocycles. The summed E-state index contributed by atoms with van der Waals surface area (Å²) in [7, 11) is 0. The summed E-state index contributed by atoms with van der Waals surface area (Å²) < 4.78 is 36.8. The maximum absolute atomic E-state index is 12.3. The second-order valence-corrected chi connectivity index (χ2v) is 4.60. The van der Waals surface area contributed by atoms with Gasteiger partial charge in [-0.05, 0) is 26.2 Å². The van der Waals surface area contributed by atoms with Crippen molar-refractivity contribution < 1.29 is 13.2 Å². The van der Waals surface area contributed by atoms with E-state index in [1.54, 1.807) is 0 Å². The van der Waals surface area contributed by atoms with E-state index in [2.05, 4.69) is 0 Å². The van der Waals surface area contributed by atoms with E-state index in [1.807, 2.05) is 6.07 Å². The van der Waals surface area contributed by atoms with Gasteiger partial charge in [0, 0.05) is 12.6 Å². The summed E-state index contributed by atoms with van der Waals surface area (Å²) in [5.74, 6) is 0. The third-order valence-corrected chi connectivity index (χ3v) is 2.62. The third-order valence-electron chi connectivity index (χ3n) is 2.62. The molecule has 0 aromatic heterocycles. The molecule has 0 spiro atoms. The highest BCUT2D eigenvalue weighted by atomic mass is 19.4. The first-order chi connectivity index (χ1) is 7.23. The van der Waals surface area contributed by atoms with Gasteiger partial charge < -0.3 is 5.73 Å². The zero-order valence-corrected chi connectivity index (χ0v) is 9.22. The predicted octanol–water partition coefficient (Wildman–Crippen LogP) is 1.64. The molecule has 1 aliphatic carbocycles. The van der Waals surface area contributed by atoms with Gasteiger partial charge in [-0.15, -0.1) is 0 Å². The standard InChI is InChI=1S/C10H16F3N3/c1-9(15,6-14)4-5-16(8-2-3-8)7-10(11,12)13/h8H,2-5,7,15H2,1H3. The van der Waals surface area contributed by atoms with Crippen LogP contribution in [0.2, 0.25) is 0 Å². The quantitative estimate of drug-likeness (QED) is 0.788. The minimum atomic E-state index is -4.18. The highest BCUT2D eigenvalue weighted by Gasteiger charge is 2.38. The molecule has 1 aliphatic rings. The number of alkyl halides is 3. The molecule has 0 amide bonds. The lowest BCUT2D eigenvalue weighted by atomic mass is 10.0. The molecule has 1 rings (SSSR count). The van der Waals surface area contributed by atoms with Crippen LogP contribution in [-0.4, -0.2) is 35.7 Å². The topological polar surface area (TPSA) is 53.1 Å². The van der Waals surface area contributed by atoms with Crippen LogP contribution in [0.25, 0.3) is 0 Å². The average molecular weight is 235 g/mol. The van der Waals surface area contributed by atoms with Crippen molar-refractivity contribution in [2.45, 2.75) is 43.9 Å². The Balaban J connectivity index is 2.44. The first kappa shape index (κ1) is 13.3. The number of hydrogen-bond acceptors (Lipinski definition) is 3. The van der Waals surface area contributed by atoms with E-state index in [0.717, 1.165) is 12.8 Å². The third kappa shape index (κ3) is 4.81. The summed E-state index contributed by atoms with van der Waals surface area (Å²) >= 11 is 0. The smallest absolute Gasteiger partial charge is 0.314 e. The summed E-state index contributed by atoms with van der Waals surface area (Å²) in [5.41, 5.74) is 4.54. The fraction of sp³-hybridized carbons (Fsp3) is 0.900. The zero-order chi connectivity index (χ0) is 12.4. The van der Waals surface area contributed by atoms with E-state index in [1.165, 1.54) is 11.8 Å². The van der Waals surface area contributed by atoms with Gasteiger partial charge in [-0.1, -0.05) is 0 Å². The lowest BCUT2D eigenvalue weighted by molar-refractivity contribution is -0.147. The highest BCUT2D eigenvalue weighted by molar-refractivity contribution is 5.01. The van der Waals surface area contributed by atoms with Gasteiger partial charge in [0.1, 0.15) is 5.54 Å². The minimum absolute atomic E-state index is 0.0242. The Morgan fingerprint density at radius 2 is 2.00 bits per heavy atom. The second kappa shape index (κ2) is 4.60. The number of rotatable bonds is 5. The lowest BCUT2D eigenvalue weighted by Crippen LogP contribution is -2.42. The van der Waals surface area contributed by atoms with E-state index >= 15 is 0 Å². The lowest BCUT2D eigenvalue weighted by Gasteiger charge is -2.26. The molecule has 0 aromatic rings. The van der Waals surface area contributed by atoms with Gasteiger partial charge >= 0.3 is 6.18 Å². The van der Waals surface area contributed by atoms with Crippen LogP contribution in [0.1, 0.15) is 26.2 Å². The molecule has 1 fully saturated rings. The van der Waals surface area contributed by atoms with Crippen LogP contribution < -0.4 is 5.73 Å². The van der Waals surface area contributed by atoms with Gasteiger partial charge in [-0.2, -0.15) is 18.4 Å². The van der Waals surface area contributed by atoms with Gasteiger partial charge in [0.15, 0.2) is 0 Å². The monoisotopic (exact) mass is 235 g/mol. The summed E-state index contributed by atoms with van der Waals surface area (Å²) in [4.78, 5) is 1.38. The van der Waals surface area contributed by atoms with Gasteiger partial charge in [0.25, 0.3) is 0 Å². The molecule has 0 bridgehead atoms. The molecule has 16 heavy (non-hydrogen) atoms. The fourth-order valence-electron chi connectivity index (χ4n) is 1.49. The number of hydrogen-bond donors (Lipinski definition) is 1. The number of nitrogens with two attached hydrogens (primary N) is 1. The van der Waals surface area contributed by atoms with E-state index in [-0.39, 0.29) is 19.0 Å². The Morgan fingerprint density at radius 3 is 2.38 bits per heavy atom. The van der Waals surface area contributed by atoms with Crippen LogP contribution in [0, 0.1) is 11.3 Å². The molecule has 1 atom stereocenters. The molecule has 1 saturated carbocycles. The fourth-order valence-corrected chi connectivity index (χ4v) is 1.49. The van der Waals surface area contributed by atoms with Crippen LogP contribution in [0.5, 0.6) is 0 Å². The summed E-state index contributed by atoms with van der Waals surface area (Å²) in [5, 5.41) is 8.68. The van der Waals surface area contributed by atoms with Crippen molar-refractivity contribution in [3.05, 3.63) is 0 Å². The molecule has 0 radical (unpaired) electrons. The molecule has 3 nitrogen and oxygen atoms in total. The Morgan fingerprint density at radius 1 is 1.44 bits per heavy atom. The average Bonchev–Trinajstić information content (AvgIpc) is 2.93. The molecule has 92 valence electrons. The molecule has 2 N–H and O–H groups in total. The Hall–Kier alpha value is -0.800. The first-order valence-corrected chi connectivity index (χ1v) is 5.24. The summed E-state index contributed by atoms with van der Waals surface area (Å²) in [6, 6.07) is 1.91. The van der Waals surface area contributed by atoms with Crippen LogP contribution >= 0.6 is 0 Å². The second-order valence-electron chi connectivity index (χ2n) is 4.60. The maximum Gasteiger partial charge on any atom is 0.401 e. The summed E-state index contributed by atoms with van der Waals surface area (Å²) in [6.45, 7) is 0.857. The van der Waals surface area contributed by atoms with Crippen molar-refractivity contribution in [2.24, 2.45) is 5.73 Å². The van der Waals surface area contributed by atoms with Gasteiger partial charge in [-0.3, -0.25) is 4.90 Å². The predicted molar refractivity (Wildman–Crippen MR) is 53.5 cm³/mol. The van der Waals surface area contributed by atoms with E-state index in [0.29, 0.717) is 0 Å². The Kier molecular flexibility index (Phi) is 3.81. The Bertz CT molecular complexity index is 276. The van der Waals surface area contributed by atoms with Crippen molar-refractivity contribution in [1.82, 2.24) is 4.90 Å². The first-order valence-electron chi connectivity index (χ1n) is 5.24. The van der Waals surface area contributed by atoms with Crippen molar-refractivity contribution in [1.29, 1.82) is 5.26 Å². The molecule has 6 heteroatoms. The van der Waals surface area contributed by atoms with E-state index in [4.69, 9.17) is 11.0 Å². The molecule has 0 aliphatic heterocycles. The molecule has 0 aromatic carbocycles. The summed E-state index contributed by atoms with van der Waals surface area (Å²) in [6.07, 6.45) is -2.30. The SMILES string of the molecule is CC(N)(C#N)CCN(CC(F)(F)F)C1CC1. The van der Waals surface area contributed by atoms with Gasteiger partial charge in [0.05, 0.1) is 12.6 Å².